The maximum absolute atomic E-state index is 13.1. The van der Waals surface area contributed by atoms with Gasteiger partial charge in [-0.1, -0.05) is 42.5 Å². The van der Waals surface area contributed by atoms with Crippen LogP contribution in [-0.4, -0.2) is 4.57 Å². The molecule has 2 aromatic carbocycles. The zero-order chi connectivity index (χ0) is 14.9. The predicted octanol–water partition coefficient (Wildman–Crippen LogP) is 3.58. The number of nitrogens with zero attached hydrogens (tertiary/aromatic N) is 2. The molecule has 0 bridgehead atoms. The first-order chi connectivity index (χ1) is 10.8. The molecule has 1 aliphatic rings. The molecule has 0 saturated carbocycles. The topological polar surface area (TPSA) is 8.81 Å². The summed E-state index contributed by atoms with van der Waals surface area (Å²) in [6, 6.07) is 17.3. The average molecular weight is 293 g/mol. The van der Waals surface area contributed by atoms with Gasteiger partial charge in [0.1, 0.15) is 18.6 Å². The molecule has 0 N–H and O–H groups in total. The van der Waals surface area contributed by atoms with Crippen molar-refractivity contribution in [3.8, 4) is 11.3 Å². The number of rotatable bonds is 3. The quantitative estimate of drug-likeness (QED) is 0.653. The van der Waals surface area contributed by atoms with E-state index in [9.17, 15) is 4.39 Å². The van der Waals surface area contributed by atoms with Crippen molar-refractivity contribution >= 4 is 0 Å². The lowest BCUT2D eigenvalue weighted by molar-refractivity contribution is -0.694. The molecule has 0 unspecified atom stereocenters. The highest BCUT2D eigenvalue weighted by atomic mass is 19.1. The van der Waals surface area contributed by atoms with E-state index in [0.717, 1.165) is 25.1 Å². The fraction of sp³-hybridized carbons (Fsp3) is 0.211. The summed E-state index contributed by atoms with van der Waals surface area (Å²) in [7, 11) is 0. The van der Waals surface area contributed by atoms with Gasteiger partial charge in [0, 0.05) is 5.56 Å². The number of hydrogen-bond donors (Lipinski definition) is 0. The predicted molar refractivity (Wildman–Crippen MR) is 83.9 cm³/mol. The summed E-state index contributed by atoms with van der Waals surface area (Å²) in [5, 5.41) is 0. The highest BCUT2D eigenvalue weighted by molar-refractivity contribution is 5.58. The highest BCUT2D eigenvalue weighted by Gasteiger charge is 2.28. The second-order valence-corrected chi connectivity index (χ2v) is 5.81. The van der Waals surface area contributed by atoms with Crippen LogP contribution in [0.4, 0.5) is 4.39 Å². The van der Waals surface area contributed by atoms with Crippen molar-refractivity contribution in [2.45, 2.75) is 25.9 Å². The third kappa shape index (κ3) is 2.33. The molecule has 22 heavy (non-hydrogen) atoms. The molecule has 0 atom stereocenters. The molecule has 3 heteroatoms. The molecule has 4 rings (SSSR count). The molecule has 0 amide bonds. The monoisotopic (exact) mass is 293 g/mol. The number of hydrogen-bond acceptors (Lipinski definition) is 0. The van der Waals surface area contributed by atoms with E-state index in [-0.39, 0.29) is 5.82 Å². The van der Waals surface area contributed by atoms with Gasteiger partial charge in [0.2, 0.25) is 0 Å². The first kappa shape index (κ1) is 13.3. The molecule has 1 aromatic heterocycles. The van der Waals surface area contributed by atoms with E-state index in [1.807, 2.05) is 18.2 Å². The summed E-state index contributed by atoms with van der Waals surface area (Å²) in [6.45, 7) is 1.87. The zero-order valence-electron chi connectivity index (χ0n) is 12.4. The number of aromatic nitrogens is 2. The lowest BCUT2D eigenvalue weighted by atomic mass is 10.1. The molecule has 0 spiro atoms. The first-order valence-electron chi connectivity index (χ1n) is 7.73. The summed E-state index contributed by atoms with van der Waals surface area (Å²) < 4.78 is 17.8. The molecule has 1 aliphatic heterocycles. The van der Waals surface area contributed by atoms with Crippen LogP contribution in [0.15, 0.2) is 60.8 Å². The summed E-state index contributed by atoms with van der Waals surface area (Å²) in [5.41, 5.74) is 3.66. The Kier molecular flexibility index (Phi) is 3.26. The minimum absolute atomic E-state index is 0.180. The fourth-order valence-corrected chi connectivity index (χ4v) is 3.27. The summed E-state index contributed by atoms with van der Waals surface area (Å²) in [5.74, 6) is 1.18. The molecular formula is C19H18FN2+. The Bertz CT molecular complexity index is 788. The van der Waals surface area contributed by atoms with Crippen molar-refractivity contribution in [3.63, 3.8) is 0 Å². The van der Waals surface area contributed by atoms with Crippen molar-refractivity contribution in [2.24, 2.45) is 0 Å². The Morgan fingerprint density at radius 1 is 1.00 bits per heavy atom. The van der Waals surface area contributed by atoms with Crippen molar-refractivity contribution < 1.29 is 8.96 Å². The van der Waals surface area contributed by atoms with Gasteiger partial charge in [0.15, 0.2) is 5.69 Å². The van der Waals surface area contributed by atoms with Crippen LogP contribution >= 0.6 is 0 Å². The van der Waals surface area contributed by atoms with Crippen LogP contribution in [0, 0.1) is 5.82 Å². The van der Waals surface area contributed by atoms with Gasteiger partial charge in [-0.05, 0) is 24.1 Å². The second kappa shape index (κ2) is 5.41. The van der Waals surface area contributed by atoms with Crippen molar-refractivity contribution in [3.05, 3.63) is 78.0 Å². The van der Waals surface area contributed by atoms with Crippen LogP contribution < -0.4 is 4.57 Å². The normalized spacial score (nSPS) is 13.3. The van der Waals surface area contributed by atoms with Crippen LogP contribution in [0.1, 0.15) is 17.8 Å². The van der Waals surface area contributed by atoms with E-state index in [1.54, 1.807) is 0 Å². The number of fused-ring (bicyclic) bond motifs is 1. The van der Waals surface area contributed by atoms with Crippen molar-refractivity contribution in [1.82, 2.24) is 4.57 Å². The number of halogens is 1. The Morgan fingerprint density at radius 3 is 2.55 bits per heavy atom. The van der Waals surface area contributed by atoms with Gasteiger partial charge in [0.25, 0.3) is 5.82 Å². The van der Waals surface area contributed by atoms with E-state index < -0.39 is 0 Å². The van der Waals surface area contributed by atoms with Gasteiger partial charge in [-0.25, -0.2) is 13.5 Å². The van der Waals surface area contributed by atoms with E-state index in [4.69, 9.17) is 0 Å². The second-order valence-electron chi connectivity index (χ2n) is 5.81. The van der Waals surface area contributed by atoms with Crippen LogP contribution in [0.25, 0.3) is 11.3 Å². The standard InChI is InChI=1S/C19H18FN2/c20-17-10-8-15(9-11-17)13-21-14-18(16-5-2-1-3-6-16)22-12-4-7-19(21)22/h1-3,5-6,8-11,14H,4,7,12-13H2/q+1. The van der Waals surface area contributed by atoms with E-state index >= 15 is 0 Å². The van der Waals surface area contributed by atoms with Gasteiger partial charge in [0.05, 0.1) is 13.0 Å². The fourth-order valence-electron chi connectivity index (χ4n) is 3.27. The Labute approximate surface area is 129 Å². The maximum atomic E-state index is 13.1. The highest BCUT2D eigenvalue weighted by Crippen LogP contribution is 2.24. The molecule has 2 heterocycles. The summed E-state index contributed by atoms with van der Waals surface area (Å²) in [6.07, 6.45) is 4.53. The molecule has 0 saturated heterocycles. The van der Waals surface area contributed by atoms with Crippen LogP contribution in [0.5, 0.6) is 0 Å². The molecule has 2 nitrogen and oxygen atoms in total. The lowest BCUT2D eigenvalue weighted by Crippen LogP contribution is -2.36. The minimum Gasteiger partial charge on any atom is -0.229 e. The zero-order valence-corrected chi connectivity index (χ0v) is 12.4. The first-order valence-corrected chi connectivity index (χ1v) is 7.73. The third-order valence-corrected chi connectivity index (χ3v) is 4.33. The third-order valence-electron chi connectivity index (χ3n) is 4.33. The molecule has 0 fully saturated rings. The van der Waals surface area contributed by atoms with Gasteiger partial charge in [-0.15, -0.1) is 0 Å². The maximum Gasteiger partial charge on any atom is 0.257 e. The van der Waals surface area contributed by atoms with Crippen molar-refractivity contribution in [2.75, 3.05) is 0 Å². The lowest BCUT2D eigenvalue weighted by Gasteiger charge is -1.99. The van der Waals surface area contributed by atoms with Crippen LogP contribution in [-0.2, 0) is 19.5 Å². The van der Waals surface area contributed by atoms with E-state index in [0.29, 0.717) is 0 Å². The SMILES string of the molecule is Fc1ccc(C[n+]2cc(-c3ccccc3)n3c2CCC3)cc1. The largest absolute Gasteiger partial charge is 0.257 e. The van der Waals surface area contributed by atoms with Crippen LogP contribution in [0.3, 0.4) is 0 Å². The summed E-state index contributed by atoms with van der Waals surface area (Å²) >= 11 is 0. The molecule has 0 aliphatic carbocycles. The Morgan fingerprint density at radius 2 is 1.77 bits per heavy atom. The van der Waals surface area contributed by atoms with E-state index in [2.05, 4.69) is 39.6 Å². The minimum atomic E-state index is -0.180. The van der Waals surface area contributed by atoms with Gasteiger partial charge in [-0.3, -0.25) is 0 Å². The molecular weight excluding hydrogens is 275 g/mol. The van der Waals surface area contributed by atoms with Gasteiger partial charge in [-0.2, -0.15) is 0 Å². The van der Waals surface area contributed by atoms with Crippen LogP contribution in [0.2, 0.25) is 0 Å². The average Bonchev–Trinajstić information content (AvgIpc) is 3.14. The van der Waals surface area contributed by atoms with Crippen molar-refractivity contribution in [1.29, 1.82) is 0 Å². The van der Waals surface area contributed by atoms with E-state index in [1.165, 1.54) is 35.6 Å². The molecule has 110 valence electrons. The number of benzene rings is 2. The molecule has 3 aromatic rings. The van der Waals surface area contributed by atoms with Gasteiger partial charge >= 0.3 is 0 Å². The molecule has 0 radical (unpaired) electrons. The Hall–Kier alpha value is -2.42. The summed E-state index contributed by atoms with van der Waals surface area (Å²) in [4.78, 5) is 0. The smallest absolute Gasteiger partial charge is 0.229 e. The number of imidazole rings is 1. The Balaban J connectivity index is 1.73. The van der Waals surface area contributed by atoms with Gasteiger partial charge < -0.3 is 0 Å².